The zero-order valence-corrected chi connectivity index (χ0v) is 11.4. The Kier molecular flexibility index (Phi) is 3.32. The molecule has 2 aromatic carbocycles. The monoisotopic (exact) mass is 298 g/mol. The van der Waals surface area contributed by atoms with Crippen LogP contribution in [0.5, 0.6) is 0 Å². The van der Waals surface area contributed by atoms with Crippen molar-refractivity contribution in [3.8, 4) is 0 Å². The van der Waals surface area contributed by atoms with Crippen LogP contribution in [0.15, 0.2) is 66.2 Å². The molecule has 0 spiro atoms. The first-order chi connectivity index (χ1) is 10.2. The van der Waals surface area contributed by atoms with Crippen molar-refractivity contribution in [1.29, 1.82) is 0 Å². The molecular weight excluding hydrogens is 285 g/mol. The van der Waals surface area contributed by atoms with Crippen molar-refractivity contribution in [2.45, 2.75) is 0 Å². The van der Waals surface area contributed by atoms with E-state index in [2.05, 4.69) is 5.53 Å². The highest BCUT2D eigenvalue weighted by Crippen LogP contribution is 2.36. The van der Waals surface area contributed by atoms with Crippen LogP contribution in [0.4, 0.5) is 15.8 Å². The van der Waals surface area contributed by atoms with Crippen LogP contribution < -0.4 is 15.6 Å². The first kappa shape index (κ1) is 14.1. The van der Waals surface area contributed by atoms with E-state index in [0.29, 0.717) is 11.4 Å². The normalized spacial score (nSPS) is 15.5. The number of aliphatic hydroxyl groups excluding tert-OH is 1. The van der Waals surface area contributed by atoms with Gasteiger partial charge in [-0.2, -0.15) is 0 Å². The van der Waals surface area contributed by atoms with Gasteiger partial charge in [0.05, 0.1) is 11.4 Å². The van der Waals surface area contributed by atoms with Crippen LogP contribution in [-0.2, 0) is 0 Å². The Labute approximate surface area is 126 Å². The second-order valence-electron chi connectivity index (χ2n) is 4.79. The zero-order chi connectivity index (χ0) is 14.4. The number of rotatable bonds is 1. The van der Waals surface area contributed by atoms with Crippen molar-refractivity contribution in [3.63, 3.8) is 0 Å². The minimum absolute atomic E-state index is 0. The molecule has 4 rings (SSSR count). The second kappa shape index (κ2) is 5.18. The predicted molar refractivity (Wildman–Crippen MR) is 82.2 cm³/mol. The van der Waals surface area contributed by atoms with E-state index in [1.54, 1.807) is 17.1 Å². The molecule has 2 aliphatic heterocycles. The van der Waals surface area contributed by atoms with Gasteiger partial charge >= 0.3 is 0 Å². The van der Waals surface area contributed by atoms with Crippen LogP contribution in [0.25, 0.3) is 6.08 Å². The van der Waals surface area contributed by atoms with Crippen molar-refractivity contribution in [2.24, 2.45) is 0 Å². The van der Waals surface area contributed by atoms with Crippen molar-refractivity contribution in [3.05, 3.63) is 77.6 Å². The molecule has 0 unspecified atom stereocenters. The Balaban J connectivity index is 0.00000144. The van der Waals surface area contributed by atoms with Gasteiger partial charge in [-0.05, 0) is 47.5 Å². The molecule has 0 fully saturated rings. The number of hydrogen-bond acceptors (Lipinski definition) is 3. The second-order valence-corrected chi connectivity index (χ2v) is 4.79. The first-order valence-electron chi connectivity index (χ1n) is 6.52. The summed E-state index contributed by atoms with van der Waals surface area (Å²) in [7, 11) is 0. The van der Waals surface area contributed by atoms with Crippen LogP contribution in [-0.4, -0.2) is 10.6 Å². The van der Waals surface area contributed by atoms with E-state index < -0.39 is 0 Å². The van der Waals surface area contributed by atoms with Gasteiger partial charge in [0.1, 0.15) is 11.5 Å². The van der Waals surface area contributed by atoms with Gasteiger partial charge in [0.25, 0.3) is 0 Å². The molecule has 0 amide bonds. The number of allylic oxidation sites excluding steroid dienone is 1. The largest absolute Gasteiger partial charge is 0.492 e. The lowest BCUT2D eigenvalue weighted by Crippen LogP contribution is -2.35. The molecule has 0 atom stereocenters. The molecule has 0 saturated carbocycles. The minimum Gasteiger partial charge on any atom is -0.492 e. The van der Waals surface area contributed by atoms with Gasteiger partial charge in [-0.1, -0.05) is 24.3 Å². The molecule has 0 aromatic heterocycles. The molecule has 0 bridgehead atoms. The molecular formula is C16H13FN3O2. The Morgan fingerprint density at radius 1 is 0.909 bits per heavy atom. The number of hydrogen-bond donors (Lipinski definition) is 1. The van der Waals surface area contributed by atoms with Crippen LogP contribution in [0.1, 0.15) is 5.56 Å². The summed E-state index contributed by atoms with van der Waals surface area (Å²) in [4.78, 5) is 0. The molecule has 3 N–H and O–H groups in total. The Morgan fingerprint density at radius 3 is 2.41 bits per heavy atom. The third-order valence-electron chi connectivity index (χ3n) is 3.49. The highest BCUT2D eigenvalue weighted by atomic mass is 19.1. The fourth-order valence-electron chi connectivity index (χ4n) is 2.45. The lowest BCUT2D eigenvalue weighted by Gasteiger charge is -2.24. The third kappa shape index (κ3) is 2.02. The summed E-state index contributed by atoms with van der Waals surface area (Å²) >= 11 is 0. The van der Waals surface area contributed by atoms with E-state index in [9.17, 15) is 9.50 Å². The topological polar surface area (TPSA) is 72.3 Å². The number of nitrogens with zero attached hydrogens (tertiary/aromatic N) is 3. The van der Waals surface area contributed by atoms with Crippen molar-refractivity contribution >= 4 is 17.5 Å². The average Bonchev–Trinajstić information content (AvgIpc) is 2.86. The maximum atomic E-state index is 13.0. The molecule has 5 nitrogen and oxygen atoms in total. The van der Waals surface area contributed by atoms with Crippen LogP contribution in [0.3, 0.4) is 0 Å². The van der Waals surface area contributed by atoms with E-state index >= 15 is 0 Å². The summed E-state index contributed by atoms with van der Waals surface area (Å²) in [6.45, 7) is 0. The quantitative estimate of drug-likeness (QED) is 0.879. The van der Waals surface area contributed by atoms with E-state index in [1.165, 1.54) is 17.1 Å². The molecule has 2 heterocycles. The highest BCUT2D eigenvalue weighted by molar-refractivity contribution is 5.78. The molecule has 111 valence electrons. The Bertz CT molecular complexity index is 771. The summed E-state index contributed by atoms with van der Waals surface area (Å²) in [6.07, 6.45) is 3.74. The molecule has 2 aliphatic rings. The summed E-state index contributed by atoms with van der Waals surface area (Å²) < 4.78 is 13.0. The molecule has 0 saturated heterocycles. The van der Waals surface area contributed by atoms with E-state index in [-0.39, 0.29) is 17.2 Å². The maximum Gasteiger partial charge on any atom is 0.235 e. The fourth-order valence-corrected chi connectivity index (χ4v) is 2.45. The van der Waals surface area contributed by atoms with Crippen molar-refractivity contribution < 1.29 is 15.0 Å². The van der Waals surface area contributed by atoms with Gasteiger partial charge in [0, 0.05) is 0 Å². The lowest BCUT2D eigenvalue weighted by molar-refractivity contribution is 0.387. The van der Waals surface area contributed by atoms with Crippen LogP contribution in [0, 0.1) is 5.82 Å². The van der Waals surface area contributed by atoms with Gasteiger partial charge in [-0.25, -0.2) is 14.4 Å². The van der Waals surface area contributed by atoms with Crippen molar-refractivity contribution in [1.82, 2.24) is 5.53 Å². The van der Waals surface area contributed by atoms with E-state index in [4.69, 9.17) is 0 Å². The molecule has 2 aromatic rings. The number of fused-ring (bicyclic) bond motifs is 3. The summed E-state index contributed by atoms with van der Waals surface area (Å²) in [5.41, 5.74) is 7.52. The van der Waals surface area contributed by atoms with E-state index in [0.717, 1.165) is 11.3 Å². The maximum absolute atomic E-state index is 13.0. The zero-order valence-electron chi connectivity index (χ0n) is 11.4. The average molecular weight is 298 g/mol. The van der Waals surface area contributed by atoms with Gasteiger partial charge in [0.2, 0.25) is 5.88 Å². The highest BCUT2D eigenvalue weighted by Gasteiger charge is 2.34. The minimum atomic E-state index is -0.326. The van der Waals surface area contributed by atoms with Crippen LogP contribution >= 0.6 is 0 Å². The summed E-state index contributed by atoms with van der Waals surface area (Å²) in [5.74, 6) is -0.305. The number of aliphatic hydroxyl groups is 1. The van der Waals surface area contributed by atoms with Crippen molar-refractivity contribution in [2.75, 3.05) is 10.0 Å². The van der Waals surface area contributed by atoms with Gasteiger partial charge in [-0.15, -0.1) is 0 Å². The molecule has 6 heteroatoms. The predicted octanol–water partition coefficient (Wildman–Crippen LogP) is 2.52. The smallest absolute Gasteiger partial charge is 0.235 e. The van der Waals surface area contributed by atoms with Gasteiger partial charge in [-0.3, -0.25) is 0 Å². The Morgan fingerprint density at radius 2 is 1.64 bits per heavy atom. The number of benzene rings is 2. The molecule has 0 aliphatic carbocycles. The summed E-state index contributed by atoms with van der Waals surface area (Å²) in [6, 6.07) is 13.6. The number of anilines is 2. The fraction of sp³-hybridized carbons (Fsp3) is 0. The van der Waals surface area contributed by atoms with Gasteiger partial charge in [0.15, 0.2) is 0 Å². The van der Waals surface area contributed by atoms with E-state index in [1.807, 2.05) is 36.4 Å². The van der Waals surface area contributed by atoms with Crippen LogP contribution in [0.2, 0.25) is 0 Å². The number of halogens is 1. The summed E-state index contributed by atoms with van der Waals surface area (Å²) in [5, 5.41) is 13.4. The SMILES string of the molecule is O.OC1=C2C=Cc3ccccc3N2[N]N1c1ccc(F)cc1. The number of para-hydroxylation sites is 1. The molecule has 22 heavy (non-hydrogen) atoms. The first-order valence-corrected chi connectivity index (χ1v) is 6.52. The Hall–Kier alpha value is -2.83. The molecule has 1 radical (unpaired) electrons. The lowest BCUT2D eigenvalue weighted by atomic mass is 10.1. The standard InChI is InChI=1S/C16H11FN3O.H2O/c17-12-6-8-13(9-7-12)19-16(21)15-10-5-11-3-1-2-4-14(11)20(15)18-19;/h1-10,21H;1H2. The van der Waals surface area contributed by atoms with Gasteiger partial charge < -0.3 is 10.6 Å². The third-order valence-corrected chi connectivity index (χ3v) is 3.49.